The number of carbonyl (C=O) groups is 5. The lowest BCUT2D eigenvalue weighted by Gasteiger charge is -2.22. The maximum absolute atomic E-state index is 12.2. The van der Waals surface area contributed by atoms with E-state index in [1.807, 2.05) is 34.6 Å². The molecule has 0 saturated heterocycles. The van der Waals surface area contributed by atoms with Crippen molar-refractivity contribution >= 4 is 57.0 Å². The van der Waals surface area contributed by atoms with Crippen LogP contribution in [0.15, 0.2) is 23.4 Å². The lowest BCUT2D eigenvalue weighted by Crippen LogP contribution is -2.31. The molecule has 26 heteroatoms. The van der Waals surface area contributed by atoms with Crippen LogP contribution in [-0.2, 0) is 61.9 Å². The number of rotatable bonds is 39. The number of hydrogen-bond donors (Lipinski definition) is 7. The maximum Gasteiger partial charge on any atom is 0.305 e. The van der Waals surface area contributed by atoms with Crippen LogP contribution in [0.4, 0.5) is 5.69 Å². The summed E-state index contributed by atoms with van der Waals surface area (Å²) in [5.74, 6) is -2.17. The van der Waals surface area contributed by atoms with Gasteiger partial charge in [-0.15, -0.1) is 0 Å². The Morgan fingerprint density at radius 1 is 0.676 bits per heavy atom. The van der Waals surface area contributed by atoms with Crippen molar-refractivity contribution in [3.63, 3.8) is 0 Å². The number of nitrogens with one attached hydrogen (secondary N) is 2. The number of carboxylic acid groups (broad SMARTS) is 1. The number of ether oxygens (including phenoxy) is 8. The Hall–Kier alpha value is -3.80. The molecule has 0 spiro atoms. The number of nitro groups is 1. The van der Waals surface area contributed by atoms with Crippen molar-refractivity contribution in [1.82, 2.24) is 15.6 Å². The number of amides is 2. The van der Waals surface area contributed by atoms with Crippen LogP contribution in [-0.4, -0.2) is 181 Å². The summed E-state index contributed by atoms with van der Waals surface area (Å²) in [5, 5.41) is 60.9. The number of carbonyl (C=O) groups excluding carboxylic acids is 4. The van der Waals surface area contributed by atoms with Gasteiger partial charge in [0.1, 0.15) is 24.4 Å². The van der Waals surface area contributed by atoms with Gasteiger partial charge >= 0.3 is 17.9 Å². The van der Waals surface area contributed by atoms with Gasteiger partial charge in [0.15, 0.2) is 18.9 Å². The molecule has 0 aliphatic heterocycles. The van der Waals surface area contributed by atoms with Crippen molar-refractivity contribution in [2.45, 2.75) is 159 Å². The molecule has 0 aliphatic rings. The maximum atomic E-state index is 12.2. The number of pyridine rings is 1. The standard InChI is InChI=1S/C26H42N4O9S2.C12H22O7.C7H16O4/c1-5-20(17-31)39-25(37-4)18-38-24(34)9-6-8-21(32)27-14-7-15-28-22(33)12-13-26(2,3)41-40-23-11-10-19(16-29-23)30(35)36;1-3-9(7-13)19-12(17-2)8-18-11(16)6-4-5-10(14)15;1-3-6(4-8)11-7(5-9)10-2/h10-11,16,20,25,31H,5-9,12-15,17-18H2,1-4H3,(H,27,32)(H,28,33);9,12-13H,3-8H2,1-2H3,(H,14,15);6-9H,3-5H2,1-2H3. The predicted molar refractivity (Wildman–Crippen MR) is 262 cm³/mol. The lowest BCUT2D eigenvalue weighted by atomic mass is 10.1. The number of methoxy groups -OCH3 is 3. The summed E-state index contributed by atoms with van der Waals surface area (Å²) in [6, 6.07) is 3.01. The van der Waals surface area contributed by atoms with Crippen LogP contribution in [0.1, 0.15) is 112 Å². The van der Waals surface area contributed by atoms with E-state index in [0.717, 1.165) is 0 Å². The van der Waals surface area contributed by atoms with Crippen molar-refractivity contribution in [1.29, 1.82) is 0 Å². The fraction of sp³-hybridized carbons (Fsp3) is 0.778. The quantitative estimate of drug-likeness (QED) is 0.0123. The smallest absolute Gasteiger partial charge is 0.305 e. The van der Waals surface area contributed by atoms with Crippen molar-refractivity contribution in [3.05, 3.63) is 28.4 Å². The average Bonchev–Trinajstić information content (AvgIpc) is 3.36. The molecule has 412 valence electrons. The first-order valence-electron chi connectivity index (χ1n) is 23.3. The third-order valence-corrected chi connectivity index (χ3v) is 12.8. The molecule has 24 nitrogen and oxygen atoms in total. The van der Waals surface area contributed by atoms with E-state index in [1.165, 1.54) is 44.4 Å². The molecule has 0 aliphatic carbocycles. The molecule has 0 bridgehead atoms. The number of esters is 2. The molecule has 1 rings (SSSR count). The van der Waals surface area contributed by atoms with E-state index in [2.05, 4.69) is 15.6 Å². The highest BCUT2D eigenvalue weighted by Crippen LogP contribution is 2.42. The monoisotopic (exact) mass is 1060 g/mol. The molecule has 0 radical (unpaired) electrons. The summed E-state index contributed by atoms with van der Waals surface area (Å²) < 4.78 is 40.6. The number of hydrogen-bond acceptors (Lipinski definition) is 22. The number of carboxylic acids is 1. The molecule has 2 amide bonds. The third-order valence-electron chi connectivity index (χ3n) is 9.50. The highest BCUT2D eigenvalue weighted by Gasteiger charge is 2.22. The Morgan fingerprint density at radius 2 is 1.13 bits per heavy atom. The Bertz CT molecular complexity index is 1560. The summed E-state index contributed by atoms with van der Waals surface area (Å²) in [5.41, 5.74) is -0.0584. The molecule has 6 unspecified atom stereocenters. The molecule has 71 heavy (non-hydrogen) atoms. The second-order valence-electron chi connectivity index (χ2n) is 15.8. The largest absolute Gasteiger partial charge is 0.481 e. The second-order valence-corrected chi connectivity index (χ2v) is 18.6. The fourth-order valence-electron chi connectivity index (χ4n) is 5.05. The Labute approximate surface area is 424 Å². The number of aliphatic hydroxyl groups excluding tert-OH is 4. The summed E-state index contributed by atoms with van der Waals surface area (Å²) in [4.78, 5) is 72.0. The lowest BCUT2D eigenvalue weighted by molar-refractivity contribution is -0.385. The highest BCUT2D eigenvalue weighted by molar-refractivity contribution is 8.77. The zero-order valence-corrected chi connectivity index (χ0v) is 44.0. The van der Waals surface area contributed by atoms with Crippen LogP contribution in [0.25, 0.3) is 0 Å². The van der Waals surface area contributed by atoms with Gasteiger partial charge in [0.2, 0.25) is 11.8 Å². The minimum Gasteiger partial charge on any atom is -0.481 e. The van der Waals surface area contributed by atoms with E-state index in [0.29, 0.717) is 63.1 Å². The number of aliphatic hydroxyl groups is 4. The van der Waals surface area contributed by atoms with E-state index in [4.69, 9.17) is 58.3 Å². The second kappa shape index (κ2) is 43.8. The molecule has 6 atom stereocenters. The Kier molecular flexibility index (Phi) is 42.7. The molecule has 0 aromatic carbocycles. The van der Waals surface area contributed by atoms with E-state index >= 15 is 0 Å². The fourth-order valence-corrected chi connectivity index (χ4v) is 7.25. The SMILES string of the molecule is CCC(CO)OC(CO)OC.CCC(CO)OC(COC(=O)CCCC(=O)NCCCNC(=O)CCC(C)(C)SSc1ccc([N+](=O)[O-])cn1)OC.CCC(CO)OC(COC(=O)CCCC(=O)O)OC. The van der Waals surface area contributed by atoms with Crippen molar-refractivity contribution in [2.24, 2.45) is 0 Å². The summed E-state index contributed by atoms with van der Waals surface area (Å²) in [6.07, 6.45) is 2.35. The summed E-state index contributed by atoms with van der Waals surface area (Å²) >= 11 is 0. The summed E-state index contributed by atoms with van der Waals surface area (Å²) in [6.45, 7) is 9.76. The molecule has 1 aromatic rings. The van der Waals surface area contributed by atoms with Crippen LogP contribution in [0.2, 0.25) is 0 Å². The average molecular weight is 1060 g/mol. The molecule has 1 aromatic heterocycles. The van der Waals surface area contributed by atoms with Gasteiger partial charge < -0.3 is 74.1 Å². The Morgan fingerprint density at radius 3 is 1.51 bits per heavy atom. The van der Waals surface area contributed by atoms with Gasteiger partial charge in [-0.2, -0.15) is 0 Å². The van der Waals surface area contributed by atoms with Crippen LogP contribution in [0, 0.1) is 10.1 Å². The zero-order chi connectivity index (χ0) is 54.0. The molecule has 1 heterocycles. The molecule has 0 fully saturated rings. The van der Waals surface area contributed by atoms with Crippen LogP contribution in [0.5, 0.6) is 0 Å². The van der Waals surface area contributed by atoms with E-state index < -0.39 is 47.8 Å². The number of aromatic nitrogens is 1. The molecular weight excluding hydrogens is 981 g/mol. The van der Waals surface area contributed by atoms with Gasteiger partial charge in [0, 0.05) is 77.3 Å². The minimum atomic E-state index is -0.945. The van der Waals surface area contributed by atoms with Crippen molar-refractivity contribution in [2.75, 3.05) is 74.1 Å². The predicted octanol–water partition coefficient (Wildman–Crippen LogP) is 3.67. The third kappa shape index (κ3) is 38.5. The van der Waals surface area contributed by atoms with E-state index in [-0.39, 0.29) is 106 Å². The topological polar surface area (TPSA) is 340 Å². The van der Waals surface area contributed by atoms with Crippen LogP contribution >= 0.6 is 21.6 Å². The van der Waals surface area contributed by atoms with Gasteiger partial charge in [-0.3, -0.25) is 34.1 Å². The first-order valence-corrected chi connectivity index (χ1v) is 25.5. The summed E-state index contributed by atoms with van der Waals surface area (Å²) in [7, 11) is 7.24. The first-order chi connectivity index (χ1) is 33.8. The van der Waals surface area contributed by atoms with Crippen LogP contribution < -0.4 is 10.6 Å². The van der Waals surface area contributed by atoms with Crippen molar-refractivity contribution in [3.8, 4) is 0 Å². The normalized spacial score (nSPS) is 13.6. The first kappa shape index (κ1) is 69.3. The molecule has 0 saturated carbocycles. The Balaban J connectivity index is 0. The van der Waals surface area contributed by atoms with Gasteiger partial charge in [-0.25, -0.2) is 4.98 Å². The van der Waals surface area contributed by atoms with E-state index in [9.17, 15) is 39.2 Å². The number of aliphatic carboxylic acids is 1. The zero-order valence-electron chi connectivity index (χ0n) is 42.4. The van der Waals surface area contributed by atoms with Gasteiger partial charge in [0.05, 0.1) is 49.7 Å². The highest BCUT2D eigenvalue weighted by atomic mass is 33.1. The van der Waals surface area contributed by atoms with Crippen LogP contribution in [0.3, 0.4) is 0 Å². The van der Waals surface area contributed by atoms with Gasteiger partial charge in [0.25, 0.3) is 5.69 Å². The van der Waals surface area contributed by atoms with Gasteiger partial charge in [-0.1, -0.05) is 31.6 Å². The number of nitrogens with zero attached hydrogens (tertiary/aromatic N) is 2. The minimum absolute atomic E-state index is 0.0416. The molecule has 7 N–H and O–H groups in total. The van der Waals surface area contributed by atoms with Gasteiger partial charge in [-0.05, 0) is 75.7 Å². The van der Waals surface area contributed by atoms with E-state index in [1.54, 1.807) is 16.9 Å². The van der Waals surface area contributed by atoms with Crippen molar-refractivity contribution < 1.29 is 92.3 Å². The molecular formula is C45H80N4O20S2.